The lowest BCUT2D eigenvalue weighted by Crippen LogP contribution is -2.20. The number of nitrogens with zero attached hydrogens (tertiary/aromatic N) is 1. The number of rotatable bonds is 4. The highest BCUT2D eigenvalue weighted by molar-refractivity contribution is 9.10. The van der Waals surface area contributed by atoms with Gasteiger partial charge in [-0.05, 0) is 54.8 Å². The van der Waals surface area contributed by atoms with E-state index in [0.717, 1.165) is 35.1 Å². The molecule has 1 aliphatic rings. The van der Waals surface area contributed by atoms with Crippen LogP contribution in [0.2, 0.25) is 0 Å². The summed E-state index contributed by atoms with van der Waals surface area (Å²) in [5, 5.41) is 3.23. The molecule has 2 aromatic rings. The first-order valence-corrected chi connectivity index (χ1v) is 10.0. The van der Waals surface area contributed by atoms with E-state index in [9.17, 15) is 8.42 Å². The Kier molecular flexibility index (Phi) is 4.73. The van der Waals surface area contributed by atoms with Crippen molar-refractivity contribution in [3.05, 3.63) is 46.4 Å². The van der Waals surface area contributed by atoms with Crippen molar-refractivity contribution in [2.75, 3.05) is 35.6 Å². The summed E-state index contributed by atoms with van der Waals surface area (Å²) < 4.78 is 29.2. The number of benzene rings is 2. The predicted molar refractivity (Wildman–Crippen MR) is 103 cm³/mol. The van der Waals surface area contributed by atoms with Crippen LogP contribution in [0.1, 0.15) is 12.0 Å². The van der Waals surface area contributed by atoms with Gasteiger partial charge in [0.2, 0.25) is 0 Å². The van der Waals surface area contributed by atoms with Gasteiger partial charge < -0.3 is 10.2 Å². The molecular weight excluding hydrogens is 390 g/mol. The molecule has 128 valence electrons. The van der Waals surface area contributed by atoms with E-state index >= 15 is 0 Å². The molecule has 2 N–H and O–H groups in total. The fraction of sp³-hybridized carbons (Fsp3) is 0.294. The zero-order chi connectivity index (χ0) is 17.3. The SMILES string of the molecule is CN(C)c1ccc(NS(=O)(=O)c2cc(Br)cc3c2NCCC3)cc1. The highest BCUT2D eigenvalue weighted by Crippen LogP contribution is 2.34. The molecule has 2 aromatic carbocycles. The van der Waals surface area contributed by atoms with Gasteiger partial charge in [-0.3, -0.25) is 4.72 Å². The molecule has 0 spiro atoms. The molecule has 7 heteroatoms. The van der Waals surface area contributed by atoms with Crippen LogP contribution in [0, 0.1) is 0 Å². The minimum atomic E-state index is -3.67. The number of aryl methyl sites for hydroxylation is 1. The average molecular weight is 410 g/mol. The maximum Gasteiger partial charge on any atom is 0.264 e. The summed E-state index contributed by atoms with van der Waals surface area (Å²) >= 11 is 3.42. The van der Waals surface area contributed by atoms with Crippen molar-refractivity contribution < 1.29 is 8.42 Å². The number of halogens is 1. The second-order valence-electron chi connectivity index (χ2n) is 6.02. The van der Waals surface area contributed by atoms with Gasteiger partial charge in [0.05, 0.1) is 5.69 Å². The van der Waals surface area contributed by atoms with Crippen molar-refractivity contribution in [3.8, 4) is 0 Å². The Bertz CT molecular complexity index is 849. The normalized spacial score (nSPS) is 13.8. The summed E-state index contributed by atoms with van der Waals surface area (Å²) in [7, 11) is 0.220. The van der Waals surface area contributed by atoms with Crippen molar-refractivity contribution in [1.82, 2.24) is 0 Å². The fourth-order valence-corrected chi connectivity index (χ4v) is 4.74. The van der Waals surface area contributed by atoms with Crippen molar-refractivity contribution in [2.24, 2.45) is 0 Å². The highest BCUT2D eigenvalue weighted by atomic mass is 79.9. The van der Waals surface area contributed by atoms with Crippen molar-refractivity contribution in [2.45, 2.75) is 17.7 Å². The minimum Gasteiger partial charge on any atom is -0.384 e. The molecule has 0 fully saturated rings. The Morgan fingerprint density at radius 2 is 1.88 bits per heavy atom. The van der Waals surface area contributed by atoms with Crippen molar-refractivity contribution in [3.63, 3.8) is 0 Å². The Morgan fingerprint density at radius 3 is 2.54 bits per heavy atom. The highest BCUT2D eigenvalue weighted by Gasteiger charge is 2.23. The number of anilines is 3. The largest absolute Gasteiger partial charge is 0.384 e. The van der Waals surface area contributed by atoms with E-state index in [-0.39, 0.29) is 4.90 Å². The van der Waals surface area contributed by atoms with E-state index < -0.39 is 10.0 Å². The molecule has 0 bridgehead atoms. The summed E-state index contributed by atoms with van der Waals surface area (Å²) in [4.78, 5) is 2.25. The van der Waals surface area contributed by atoms with E-state index in [1.54, 1.807) is 18.2 Å². The van der Waals surface area contributed by atoms with Crippen LogP contribution in [0.4, 0.5) is 17.1 Å². The van der Waals surface area contributed by atoms with Crippen molar-refractivity contribution in [1.29, 1.82) is 0 Å². The van der Waals surface area contributed by atoms with E-state index in [1.165, 1.54) is 0 Å². The second kappa shape index (κ2) is 6.64. The van der Waals surface area contributed by atoms with Gasteiger partial charge in [0.1, 0.15) is 4.90 Å². The molecule has 5 nitrogen and oxygen atoms in total. The topological polar surface area (TPSA) is 61.4 Å². The van der Waals surface area contributed by atoms with Crippen LogP contribution in [0.5, 0.6) is 0 Å². The van der Waals surface area contributed by atoms with Gasteiger partial charge in [0.25, 0.3) is 10.0 Å². The van der Waals surface area contributed by atoms with Crippen LogP contribution in [-0.2, 0) is 16.4 Å². The Labute approximate surface area is 151 Å². The monoisotopic (exact) mass is 409 g/mol. The molecule has 0 saturated carbocycles. The maximum absolute atomic E-state index is 12.9. The van der Waals surface area contributed by atoms with Gasteiger partial charge in [-0.15, -0.1) is 0 Å². The molecule has 0 radical (unpaired) electrons. The predicted octanol–water partition coefficient (Wildman–Crippen LogP) is 3.67. The summed E-state index contributed by atoms with van der Waals surface area (Å²) in [6.45, 7) is 0.786. The Hall–Kier alpha value is -1.73. The third kappa shape index (κ3) is 3.52. The van der Waals surface area contributed by atoms with E-state index in [2.05, 4.69) is 26.0 Å². The Morgan fingerprint density at radius 1 is 1.17 bits per heavy atom. The van der Waals surface area contributed by atoms with Gasteiger partial charge in [0, 0.05) is 36.5 Å². The fourth-order valence-electron chi connectivity index (χ4n) is 2.78. The zero-order valence-corrected chi connectivity index (χ0v) is 16.0. The summed E-state index contributed by atoms with van der Waals surface area (Å²) in [5.74, 6) is 0. The minimum absolute atomic E-state index is 0.281. The molecule has 3 rings (SSSR count). The first-order valence-electron chi connectivity index (χ1n) is 7.73. The average Bonchev–Trinajstić information content (AvgIpc) is 2.54. The lowest BCUT2D eigenvalue weighted by Gasteiger charge is -2.22. The van der Waals surface area contributed by atoms with Gasteiger partial charge in [-0.2, -0.15) is 0 Å². The standard InChI is InChI=1S/C17H20BrN3O2S/c1-21(2)15-7-5-14(6-8-15)20-24(22,23)16-11-13(18)10-12-4-3-9-19-17(12)16/h5-8,10-11,19-20H,3-4,9H2,1-2H3. The molecule has 24 heavy (non-hydrogen) atoms. The number of hydrogen-bond donors (Lipinski definition) is 2. The zero-order valence-electron chi connectivity index (χ0n) is 13.6. The van der Waals surface area contributed by atoms with Gasteiger partial charge in [0.15, 0.2) is 0 Å². The summed E-state index contributed by atoms with van der Waals surface area (Å²) in [5.41, 5.74) is 3.30. The number of hydrogen-bond acceptors (Lipinski definition) is 4. The third-order valence-electron chi connectivity index (χ3n) is 4.00. The van der Waals surface area contributed by atoms with Crippen LogP contribution in [0.15, 0.2) is 45.8 Å². The number of nitrogens with one attached hydrogen (secondary N) is 2. The molecule has 0 amide bonds. The molecule has 0 aliphatic carbocycles. The molecule has 0 atom stereocenters. The smallest absolute Gasteiger partial charge is 0.264 e. The van der Waals surface area contributed by atoms with Gasteiger partial charge in [-0.1, -0.05) is 15.9 Å². The second-order valence-corrected chi connectivity index (χ2v) is 8.58. The molecule has 1 aliphatic heterocycles. The summed E-state index contributed by atoms with van der Waals surface area (Å²) in [6.07, 6.45) is 1.88. The van der Waals surface area contributed by atoms with Gasteiger partial charge in [-0.25, -0.2) is 8.42 Å². The van der Waals surface area contributed by atoms with Crippen molar-refractivity contribution >= 4 is 43.0 Å². The quantitative estimate of drug-likeness (QED) is 0.808. The number of sulfonamides is 1. The molecule has 0 unspecified atom stereocenters. The lowest BCUT2D eigenvalue weighted by molar-refractivity contribution is 0.601. The van der Waals surface area contributed by atoms with Crippen LogP contribution in [0.3, 0.4) is 0 Å². The third-order valence-corrected chi connectivity index (χ3v) is 5.86. The number of fused-ring (bicyclic) bond motifs is 1. The lowest BCUT2D eigenvalue weighted by atomic mass is 10.0. The van der Waals surface area contributed by atoms with Crippen LogP contribution < -0.4 is 14.9 Å². The van der Waals surface area contributed by atoms with Crippen LogP contribution in [-0.4, -0.2) is 29.1 Å². The first-order chi connectivity index (χ1) is 11.4. The van der Waals surface area contributed by atoms with Crippen LogP contribution >= 0.6 is 15.9 Å². The molecule has 0 saturated heterocycles. The van der Waals surface area contributed by atoms with Gasteiger partial charge >= 0.3 is 0 Å². The van der Waals surface area contributed by atoms with E-state index in [4.69, 9.17) is 0 Å². The van der Waals surface area contributed by atoms with Crippen LogP contribution in [0.25, 0.3) is 0 Å². The van der Waals surface area contributed by atoms with E-state index in [0.29, 0.717) is 11.4 Å². The molecule has 0 aromatic heterocycles. The molecular formula is C17H20BrN3O2S. The van der Waals surface area contributed by atoms with E-state index in [1.807, 2.05) is 37.2 Å². The first kappa shape index (κ1) is 17.1. The summed E-state index contributed by atoms with van der Waals surface area (Å²) in [6, 6.07) is 10.9. The maximum atomic E-state index is 12.9. The Balaban J connectivity index is 1.95. The molecule has 1 heterocycles.